The second kappa shape index (κ2) is 4.60. The first-order valence-electron chi connectivity index (χ1n) is 5.61. The Morgan fingerprint density at radius 3 is 3.00 bits per heavy atom. The molecule has 15 heavy (non-hydrogen) atoms. The van der Waals surface area contributed by atoms with Crippen molar-refractivity contribution >= 4 is 12.3 Å². The maximum atomic E-state index is 11.4. The molecule has 3 heteroatoms. The monoisotopic (exact) mass is 208 g/mol. The molecule has 0 aromatic heterocycles. The Hall–Kier alpha value is -1.12. The molecule has 0 radical (unpaired) electrons. The number of allylic oxidation sites excluding steroid dienone is 1. The highest BCUT2D eigenvalue weighted by Gasteiger charge is 2.44. The van der Waals surface area contributed by atoms with Crippen molar-refractivity contribution in [3.8, 4) is 0 Å². The van der Waals surface area contributed by atoms with Crippen molar-refractivity contribution in [2.75, 3.05) is 0 Å². The van der Waals surface area contributed by atoms with Crippen molar-refractivity contribution in [3.63, 3.8) is 0 Å². The first-order chi connectivity index (χ1) is 7.31. The molecule has 1 fully saturated rings. The Kier molecular flexibility index (Phi) is 3.19. The van der Waals surface area contributed by atoms with Crippen LogP contribution in [0.5, 0.6) is 0 Å². The average Bonchev–Trinajstić information content (AvgIpc) is 2.98. The maximum absolute atomic E-state index is 11.4. The third-order valence-corrected chi connectivity index (χ3v) is 3.11. The fraction of sp³-hybridized carbons (Fsp3) is 0.667. The Morgan fingerprint density at radius 1 is 1.40 bits per heavy atom. The van der Waals surface area contributed by atoms with Crippen molar-refractivity contribution in [2.24, 2.45) is 11.8 Å². The van der Waals surface area contributed by atoms with E-state index in [1.54, 1.807) is 0 Å². The minimum atomic E-state index is -0.111. The number of rotatable bonds is 2. The van der Waals surface area contributed by atoms with E-state index in [2.05, 4.69) is 12.2 Å². The van der Waals surface area contributed by atoms with Gasteiger partial charge in [0.25, 0.3) is 0 Å². The lowest BCUT2D eigenvalue weighted by Gasteiger charge is -2.15. The van der Waals surface area contributed by atoms with Gasteiger partial charge in [-0.1, -0.05) is 12.2 Å². The molecule has 0 saturated heterocycles. The standard InChI is InChI=1S/C12H16O3/c13-8-9-7-10(9)11-5-3-1-2-4-6-12(14)15-11/h1,3,8-11H,2,4-7H2/b3-1-/t9-,10+,11-/m0/s1. The summed E-state index contributed by atoms with van der Waals surface area (Å²) in [5.41, 5.74) is 0. The highest BCUT2D eigenvalue weighted by Crippen LogP contribution is 2.42. The smallest absolute Gasteiger partial charge is 0.306 e. The van der Waals surface area contributed by atoms with Gasteiger partial charge in [0.05, 0.1) is 0 Å². The van der Waals surface area contributed by atoms with E-state index in [1.165, 1.54) is 0 Å². The molecule has 0 amide bonds. The Labute approximate surface area is 89.5 Å². The van der Waals surface area contributed by atoms with E-state index in [1.807, 2.05) is 0 Å². The summed E-state index contributed by atoms with van der Waals surface area (Å²) in [6, 6.07) is 0. The molecule has 1 aliphatic heterocycles. The number of ether oxygens (including phenoxy) is 1. The Morgan fingerprint density at radius 2 is 2.27 bits per heavy atom. The van der Waals surface area contributed by atoms with Gasteiger partial charge in [-0.25, -0.2) is 0 Å². The Balaban J connectivity index is 1.95. The zero-order chi connectivity index (χ0) is 10.7. The van der Waals surface area contributed by atoms with Crippen LogP contribution in [0.25, 0.3) is 0 Å². The van der Waals surface area contributed by atoms with Gasteiger partial charge in [0, 0.05) is 24.7 Å². The Bertz CT molecular complexity index is 283. The number of aldehydes is 1. The van der Waals surface area contributed by atoms with Crippen LogP contribution < -0.4 is 0 Å². The van der Waals surface area contributed by atoms with Gasteiger partial charge in [-0.3, -0.25) is 4.79 Å². The summed E-state index contributed by atoms with van der Waals surface area (Å²) in [4.78, 5) is 22.0. The molecule has 0 N–H and O–H groups in total. The van der Waals surface area contributed by atoms with Gasteiger partial charge in [-0.15, -0.1) is 0 Å². The molecule has 0 unspecified atom stereocenters. The van der Waals surface area contributed by atoms with Crippen LogP contribution in [0, 0.1) is 11.8 Å². The second-order valence-corrected chi connectivity index (χ2v) is 4.33. The lowest BCUT2D eigenvalue weighted by Crippen LogP contribution is -2.20. The van der Waals surface area contributed by atoms with Gasteiger partial charge in [0.15, 0.2) is 0 Å². The molecule has 0 spiro atoms. The normalized spacial score (nSPS) is 38.1. The molecule has 82 valence electrons. The van der Waals surface area contributed by atoms with E-state index < -0.39 is 0 Å². The van der Waals surface area contributed by atoms with Crippen molar-refractivity contribution < 1.29 is 14.3 Å². The molecule has 3 atom stereocenters. The quantitative estimate of drug-likeness (QED) is 0.395. The fourth-order valence-electron chi connectivity index (χ4n) is 2.07. The highest BCUT2D eigenvalue weighted by atomic mass is 16.5. The number of esters is 1. The second-order valence-electron chi connectivity index (χ2n) is 4.33. The van der Waals surface area contributed by atoms with Gasteiger partial charge in [-0.05, 0) is 19.3 Å². The van der Waals surface area contributed by atoms with Crippen LogP contribution in [0.15, 0.2) is 12.2 Å². The fourth-order valence-corrected chi connectivity index (χ4v) is 2.07. The van der Waals surface area contributed by atoms with Crippen molar-refractivity contribution in [1.29, 1.82) is 0 Å². The number of hydrogen-bond donors (Lipinski definition) is 0. The van der Waals surface area contributed by atoms with Crippen LogP contribution in [0.3, 0.4) is 0 Å². The zero-order valence-electron chi connectivity index (χ0n) is 8.72. The summed E-state index contributed by atoms with van der Waals surface area (Å²) in [5, 5.41) is 0. The summed E-state index contributed by atoms with van der Waals surface area (Å²) in [6.07, 6.45) is 9.05. The first-order valence-corrected chi connectivity index (χ1v) is 5.61. The number of hydrogen-bond acceptors (Lipinski definition) is 3. The molecule has 1 heterocycles. The SMILES string of the molecule is O=C[C@@H]1C[C@H]1[C@@H]1C/C=C\CCCC(=O)O1. The molecule has 2 aliphatic rings. The third-order valence-electron chi connectivity index (χ3n) is 3.11. The number of cyclic esters (lactones) is 1. The van der Waals surface area contributed by atoms with E-state index in [0.29, 0.717) is 6.42 Å². The molecule has 0 aromatic rings. The molecular weight excluding hydrogens is 192 g/mol. The minimum absolute atomic E-state index is 0.0675. The zero-order valence-corrected chi connectivity index (χ0v) is 8.72. The highest BCUT2D eigenvalue weighted by molar-refractivity contribution is 5.70. The van der Waals surface area contributed by atoms with Gasteiger partial charge >= 0.3 is 5.97 Å². The van der Waals surface area contributed by atoms with E-state index in [0.717, 1.165) is 32.0 Å². The van der Waals surface area contributed by atoms with Crippen LogP contribution >= 0.6 is 0 Å². The maximum Gasteiger partial charge on any atom is 0.306 e. The van der Waals surface area contributed by atoms with Crippen molar-refractivity contribution in [3.05, 3.63) is 12.2 Å². The summed E-state index contributed by atoms with van der Waals surface area (Å²) in [5.74, 6) is 0.284. The van der Waals surface area contributed by atoms with E-state index in [4.69, 9.17) is 4.74 Å². The summed E-state index contributed by atoms with van der Waals surface area (Å²) in [6.45, 7) is 0. The van der Waals surface area contributed by atoms with Crippen LogP contribution in [0.4, 0.5) is 0 Å². The summed E-state index contributed by atoms with van der Waals surface area (Å²) >= 11 is 0. The number of carbonyl (C=O) groups is 2. The van der Waals surface area contributed by atoms with Crippen molar-refractivity contribution in [2.45, 2.75) is 38.2 Å². The molecule has 1 aliphatic carbocycles. The average molecular weight is 208 g/mol. The molecule has 0 bridgehead atoms. The minimum Gasteiger partial charge on any atom is -0.462 e. The van der Waals surface area contributed by atoms with Crippen molar-refractivity contribution in [1.82, 2.24) is 0 Å². The van der Waals surface area contributed by atoms with Crippen LogP contribution in [0.2, 0.25) is 0 Å². The molecule has 3 nitrogen and oxygen atoms in total. The van der Waals surface area contributed by atoms with Crippen LogP contribution in [-0.2, 0) is 14.3 Å². The number of carbonyl (C=O) groups excluding carboxylic acids is 2. The molecule has 0 aromatic carbocycles. The topological polar surface area (TPSA) is 43.4 Å². The molecule has 1 saturated carbocycles. The van der Waals surface area contributed by atoms with Gasteiger partial charge in [0.2, 0.25) is 0 Å². The predicted octanol–water partition coefficient (Wildman–Crippen LogP) is 1.86. The third kappa shape index (κ3) is 2.67. The molecule has 2 rings (SSSR count). The summed E-state index contributed by atoms with van der Waals surface area (Å²) < 4.78 is 5.38. The van der Waals surface area contributed by atoms with E-state index in [9.17, 15) is 9.59 Å². The summed E-state index contributed by atoms with van der Waals surface area (Å²) in [7, 11) is 0. The van der Waals surface area contributed by atoms with Crippen LogP contribution in [0.1, 0.15) is 32.1 Å². The van der Waals surface area contributed by atoms with E-state index in [-0.39, 0.29) is 23.9 Å². The predicted molar refractivity (Wildman–Crippen MR) is 55.1 cm³/mol. The lowest BCUT2D eigenvalue weighted by atomic mass is 10.1. The lowest BCUT2D eigenvalue weighted by molar-refractivity contribution is -0.150. The van der Waals surface area contributed by atoms with Gasteiger partial charge < -0.3 is 9.53 Å². The van der Waals surface area contributed by atoms with Crippen LogP contribution in [-0.4, -0.2) is 18.4 Å². The first kappa shape index (κ1) is 10.4. The van der Waals surface area contributed by atoms with Gasteiger partial charge in [-0.2, -0.15) is 0 Å². The van der Waals surface area contributed by atoms with E-state index >= 15 is 0 Å². The molecular formula is C12H16O3. The van der Waals surface area contributed by atoms with Gasteiger partial charge in [0.1, 0.15) is 12.4 Å². The largest absolute Gasteiger partial charge is 0.462 e.